The van der Waals surface area contributed by atoms with Crippen molar-refractivity contribution in [2.45, 2.75) is 0 Å². The Hall–Kier alpha value is -1.15. The summed E-state index contributed by atoms with van der Waals surface area (Å²) in [5.41, 5.74) is 1.82. The van der Waals surface area contributed by atoms with Gasteiger partial charge in [-0.1, -0.05) is 12.1 Å². The van der Waals surface area contributed by atoms with E-state index in [1.54, 1.807) is 0 Å². The van der Waals surface area contributed by atoms with Crippen molar-refractivity contribution in [2.24, 2.45) is 0 Å². The quantitative estimate of drug-likeness (QED) is 0.480. The molecule has 1 aromatic rings. The molecule has 0 amide bonds. The lowest BCUT2D eigenvalue weighted by Gasteiger charge is -2.24. The summed E-state index contributed by atoms with van der Waals surface area (Å²) in [5.74, 6) is 0. The number of hydrogen-bond donors (Lipinski definition) is 0. The first-order valence-corrected chi connectivity index (χ1v) is 3.92. The van der Waals surface area contributed by atoms with Crippen LogP contribution in [-0.4, -0.2) is 27.4 Å². The van der Waals surface area contributed by atoms with E-state index in [1.807, 2.05) is 45.4 Å². The fraction of sp³-hybridized carbons (Fsp3) is 0.300. The molecule has 64 valence electrons. The molecule has 0 N–H and O–H groups in total. The standard InChI is InChI=1S/C10H14NO/c1-11(2,3)10-7-5-4-6-9(10)8-12/h4-8H,1-3H3/q+1. The molecule has 2 nitrogen and oxygen atoms in total. The minimum absolute atomic E-state index is 0.676. The molecule has 0 spiro atoms. The smallest absolute Gasteiger partial charge is 0.156 e. The van der Waals surface area contributed by atoms with E-state index >= 15 is 0 Å². The fourth-order valence-electron chi connectivity index (χ4n) is 1.20. The van der Waals surface area contributed by atoms with Gasteiger partial charge in [0.25, 0.3) is 0 Å². The van der Waals surface area contributed by atoms with Gasteiger partial charge in [-0.25, -0.2) is 0 Å². The molecule has 0 atom stereocenters. The lowest BCUT2D eigenvalue weighted by atomic mass is 10.1. The van der Waals surface area contributed by atoms with Gasteiger partial charge in [-0.3, -0.25) is 9.28 Å². The van der Waals surface area contributed by atoms with Crippen molar-refractivity contribution in [2.75, 3.05) is 21.1 Å². The van der Waals surface area contributed by atoms with Crippen LogP contribution < -0.4 is 4.48 Å². The molecule has 0 fully saturated rings. The highest BCUT2D eigenvalue weighted by atomic mass is 16.1. The van der Waals surface area contributed by atoms with Crippen LogP contribution in [0.15, 0.2) is 24.3 Å². The van der Waals surface area contributed by atoms with E-state index in [0.717, 1.165) is 17.5 Å². The number of nitrogens with zero attached hydrogens (tertiary/aromatic N) is 1. The monoisotopic (exact) mass is 164 g/mol. The summed E-state index contributed by atoms with van der Waals surface area (Å²) in [6.07, 6.45) is 0.902. The number of hydrogen-bond acceptors (Lipinski definition) is 1. The van der Waals surface area contributed by atoms with E-state index in [1.165, 1.54) is 0 Å². The van der Waals surface area contributed by atoms with Gasteiger partial charge < -0.3 is 0 Å². The van der Waals surface area contributed by atoms with Crippen molar-refractivity contribution in [3.8, 4) is 0 Å². The molecule has 0 aliphatic carbocycles. The minimum atomic E-state index is 0.676. The van der Waals surface area contributed by atoms with Gasteiger partial charge in [0.15, 0.2) is 6.29 Å². The molecule has 0 aromatic heterocycles. The third-order valence-corrected chi connectivity index (χ3v) is 1.79. The number of quaternary nitrogens is 1. The molecule has 0 aliphatic heterocycles. The topological polar surface area (TPSA) is 17.1 Å². The lowest BCUT2D eigenvalue weighted by molar-refractivity contribution is 0.112. The third kappa shape index (κ3) is 1.71. The summed E-state index contributed by atoms with van der Waals surface area (Å²) in [6, 6.07) is 7.64. The SMILES string of the molecule is C[N+](C)(C)c1ccccc1C=O. The van der Waals surface area contributed by atoms with Crippen LogP contribution in [0, 0.1) is 0 Å². The van der Waals surface area contributed by atoms with E-state index in [9.17, 15) is 4.79 Å². The van der Waals surface area contributed by atoms with E-state index < -0.39 is 0 Å². The molecule has 1 rings (SSSR count). The predicted octanol–water partition coefficient (Wildman–Crippen LogP) is 1.70. The number of rotatable bonds is 2. The van der Waals surface area contributed by atoms with Gasteiger partial charge in [0.05, 0.1) is 26.7 Å². The van der Waals surface area contributed by atoms with Gasteiger partial charge in [0.2, 0.25) is 0 Å². The van der Waals surface area contributed by atoms with Crippen LogP contribution in [-0.2, 0) is 0 Å². The van der Waals surface area contributed by atoms with Crippen LogP contribution in [0.25, 0.3) is 0 Å². The van der Waals surface area contributed by atoms with Gasteiger partial charge in [-0.05, 0) is 12.1 Å². The van der Waals surface area contributed by atoms with Gasteiger partial charge in [0.1, 0.15) is 5.69 Å². The molecule has 0 saturated heterocycles. The fourth-order valence-corrected chi connectivity index (χ4v) is 1.20. The van der Waals surface area contributed by atoms with Crippen molar-refractivity contribution in [1.29, 1.82) is 0 Å². The van der Waals surface area contributed by atoms with Crippen LogP contribution in [0.3, 0.4) is 0 Å². The van der Waals surface area contributed by atoms with Crippen molar-refractivity contribution >= 4 is 12.0 Å². The summed E-state index contributed by atoms with van der Waals surface area (Å²) in [4.78, 5) is 10.7. The first kappa shape index (κ1) is 8.94. The zero-order chi connectivity index (χ0) is 9.19. The Morgan fingerprint density at radius 1 is 1.17 bits per heavy atom. The van der Waals surface area contributed by atoms with E-state index in [4.69, 9.17) is 0 Å². The second-order valence-electron chi connectivity index (χ2n) is 3.69. The van der Waals surface area contributed by atoms with Crippen molar-refractivity contribution in [3.63, 3.8) is 0 Å². The summed E-state index contributed by atoms with van der Waals surface area (Å²) in [7, 11) is 6.13. The Morgan fingerprint density at radius 2 is 1.75 bits per heavy atom. The van der Waals surface area contributed by atoms with E-state index in [0.29, 0.717) is 4.48 Å². The summed E-state index contributed by atoms with van der Waals surface area (Å²) in [5, 5.41) is 0. The molecule has 2 heteroatoms. The molecule has 0 aliphatic rings. The largest absolute Gasteiger partial charge is 0.298 e. The first-order valence-electron chi connectivity index (χ1n) is 3.92. The Kier molecular flexibility index (Phi) is 2.29. The Bertz CT molecular complexity index is 286. The molecule has 1 aromatic carbocycles. The average Bonchev–Trinajstić information content (AvgIpc) is 2.03. The average molecular weight is 164 g/mol. The molecular formula is C10H14NO+. The molecule has 0 heterocycles. The number of carbonyl (C=O) groups is 1. The Balaban J connectivity index is 3.23. The van der Waals surface area contributed by atoms with Crippen LogP contribution in [0.4, 0.5) is 5.69 Å². The molecule has 12 heavy (non-hydrogen) atoms. The van der Waals surface area contributed by atoms with Gasteiger partial charge in [-0.15, -0.1) is 0 Å². The maximum atomic E-state index is 10.7. The summed E-state index contributed by atoms with van der Waals surface area (Å²) in [6.45, 7) is 0. The zero-order valence-corrected chi connectivity index (χ0v) is 7.74. The first-order chi connectivity index (χ1) is 5.55. The highest BCUT2D eigenvalue weighted by Crippen LogP contribution is 2.20. The van der Waals surface area contributed by atoms with Crippen LogP contribution in [0.5, 0.6) is 0 Å². The maximum absolute atomic E-state index is 10.7. The molecular weight excluding hydrogens is 150 g/mol. The van der Waals surface area contributed by atoms with Crippen LogP contribution >= 0.6 is 0 Å². The van der Waals surface area contributed by atoms with Gasteiger partial charge >= 0.3 is 0 Å². The highest BCUT2D eigenvalue weighted by Gasteiger charge is 2.15. The second kappa shape index (κ2) is 3.07. The zero-order valence-electron chi connectivity index (χ0n) is 7.74. The molecule has 0 radical (unpaired) electrons. The maximum Gasteiger partial charge on any atom is 0.156 e. The van der Waals surface area contributed by atoms with Crippen molar-refractivity contribution in [1.82, 2.24) is 4.48 Å². The molecule has 0 bridgehead atoms. The number of para-hydroxylation sites is 1. The number of benzene rings is 1. The molecule has 0 saturated carbocycles. The van der Waals surface area contributed by atoms with Crippen molar-refractivity contribution < 1.29 is 4.79 Å². The van der Waals surface area contributed by atoms with Crippen LogP contribution in [0.2, 0.25) is 0 Å². The highest BCUT2D eigenvalue weighted by molar-refractivity contribution is 5.83. The summed E-state index contributed by atoms with van der Waals surface area (Å²) < 4.78 is 0.676. The third-order valence-electron chi connectivity index (χ3n) is 1.79. The predicted molar refractivity (Wildman–Crippen MR) is 51.4 cm³/mol. The van der Waals surface area contributed by atoms with Gasteiger partial charge in [0, 0.05) is 0 Å². The lowest BCUT2D eigenvalue weighted by Crippen LogP contribution is -2.35. The molecule has 0 unspecified atom stereocenters. The Labute approximate surface area is 73.0 Å². The second-order valence-corrected chi connectivity index (χ2v) is 3.69. The van der Waals surface area contributed by atoms with Crippen LogP contribution in [0.1, 0.15) is 10.4 Å². The number of aldehydes is 1. The number of carbonyl (C=O) groups excluding carboxylic acids is 1. The normalized spacial score (nSPS) is 11.2. The van der Waals surface area contributed by atoms with Gasteiger partial charge in [-0.2, -0.15) is 0 Å². The van der Waals surface area contributed by atoms with E-state index in [-0.39, 0.29) is 0 Å². The Morgan fingerprint density at radius 3 is 2.17 bits per heavy atom. The summed E-state index contributed by atoms with van der Waals surface area (Å²) >= 11 is 0. The minimum Gasteiger partial charge on any atom is -0.298 e. The van der Waals surface area contributed by atoms with Crippen molar-refractivity contribution in [3.05, 3.63) is 29.8 Å². The van der Waals surface area contributed by atoms with E-state index in [2.05, 4.69) is 0 Å².